The van der Waals surface area contributed by atoms with Crippen molar-refractivity contribution in [2.24, 2.45) is 10.9 Å². The standard InChI is InChI=1S/C8H10N4OS/c1-4-5(2)14-8-10-3-6(12(4)8)7(9)11-13/h3,13H,1-2H3,(H2,9,11). The fourth-order valence-corrected chi connectivity index (χ4v) is 2.28. The lowest BCUT2D eigenvalue weighted by atomic mass is 10.4. The molecule has 2 aromatic heterocycles. The molecule has 0 atom stereocenters. The highest BCUT2D eigenvalue weighted by atomic mass is 32.1. The fraction of sp³-hybridized carbons (Fsp3) is 0.250. The van der Waals surface area contributed by atoms with Gasteiger partial charge in [0.25, 0.3) is 0 Å². The molecule has 2 aromatic rings. The average Bonchev–Trinajstić information content (AvgIpc) is 2.68. The molecular weight excluding hydrogens is 200 g/mol. The van der Waals surface area contributed by atoms with Gasteiger partial charge in [0.05, 0.1) is 6.20 Å². The summed E-state index contributed by atoms with van der Waals surface area (Å²) in [7, 11) is 0. The summed E-state index contributed by atoms with van der Waals surface area (Å²) in [4.78, 5) is 6.22. The third-order valence-corrected chi connectivity index (χ3v) is 3.26. The van der Waals surface area contributed by atoms with Crippen molar-refractivity contribution in [2.45, 2.75) is 13.8 Å². The summed E-state index contributed by atoms with van der Waals surface area (Å²) in [6.45, 7) is 4.00. The molecule has 0 saturated carbocycles. The Morgan fingerprint density at radius 1 is 1.64 bits per heavy atom. The van der Waals surface area contributed by atoms with Gasteiger partial charge in [0.1, 0.15) is 5.69 Å². The molecule has 0 spiro atoms. The Kier molecular flexibility index (Phi) is 1.92. The maximum Gasteiger partial charge on any atom is 0.194 e. The molecule has 2 heterocycles. The molecule has 0 aliphatic heterocycles. The summed E-state index contributed by atoms with van der Waals surface area (Å²) in [5.41, 5.74) is 7.23. The van der Waals surface area contributed by atoms with Gasteiger partial charge in [-0.25, -0.2) is 4.98 Å². The lowest BCUT2D eigenvalue weighted by Gasteiger charge is -1.98. The molecule has 0 radical (unpaired) electrons. The van der Waals surface area contributed by atoms with Gasteiger partial charge < -0.3 is 10.9 Å². The highest BCUT2D eigenvalue weighted by Gasteiger charge is 2.13. The summed E-state index contributed by atoms with van der Waals surface area (Å²) >= 11 is 1.59. The number of hydrogen-bond acceptors (Lipinski definition) is 4. The van der Waals surface area contributed by atoms with Crippen LogP contribution in [0.1, 0.15) is 16.3 Å². The lowest BCUT2D eigenvalue weighted by molar-refractivity contribution is 0.318. The predicted molar refractivity (Wildman–Crippen MR) is 55.1 cm³/mol. The maximum absolute atomic E-state index is 8.59. The van der Waals surface area contributed by atoms with Gasteiger partial charge in [-0.3, -0.25) is 4.40 Å². The second kappa shape index (κ2) is 2.98. The number of oxime groups is 1. The summed E-state index contributed by atoms with van der Waals surface area (Å²) < 4.78 is 1.88. The molecule has 0 saturated heterocycles. The third kappa shape index (κ3) is 1.07. The number of nitrogens with two attached hydrogens (primary N) is 1. The van der Waals surface area contributed by atoms with Gasteiger partial charge in [0, 0.05) is 10.6 Å². The molecule has 74 valence electrons. The van der Waals surface area contributed by atoms with Crippen LogP contribution in [-0.4, -0.2) is 20.4 Å². The average molecular weight is 210 g/mol. The molecule has 3 N–H and O–H groups in total. The van der Waals surface area contributed by atoms with Gasteiger partial charge in [-0.2, -0.15) is 0 Å². The zero-order valence-electron chi connectivity index (χ0n) is 7.85. The molecule has 0 fully saturated rings. The zero-order valence-corrected chi connectivity index (χ0v) is 8.67. The van der Waals surface area contributed by atoms with Crippen molar-refractivity contribution in [3.05, 3.63) is 22.5 Å². The van der Waals surface area contributed by atoms with Crippen LogP contribution in [0.2, 0.25) is 0 Å². The van der Waals surface area contributed by atoms with E-state index in [2.05, 4.69) is 10.1 Å². The van der Waals surface area contributed by atoms with Crippen LogP contribution in [0.4, 0.5) is 0 Å². The van der Waals surface area contributed by atoms with E-state index in [0.29, 0.717) is 5.69 Å². The van der Waals surface area contributed by atoms with E-state index in [1.54, 1.807) is 17.5 Å². The Morgan fingerprint density at radius 3 is 3.00 bits per heavy atom. The molecule has 5 nitrogen and oxygen atoms in total. The van der Waals surface area contributed by atoms with E-state index < -0.39 is 0 Å². The van der Waals surface area contributed by atoms with Crippen molar-refractivity contribution in [1.82, 2.24) is 9.38 Å². The molecule has 0 unspecified atom stereocenters. The van der Waals surface area contributed by atoms with E-state index in [1.165, 1.54) is 4.88 Å². The van der Waals surface area contributed by atoms with E-state index >= 15 is 0 Å². The van der Waals surface area contributed by atoms with E-state index in [9.17, 15) is 0 Å². The number of thiazole rings is 1. The third-order valence-electron chi connectivity index (χ3n) is 2.19. The Morgan fingerprint density at radius 2 is 2.36 bits per heavy atom. The van der Waals surface area contributed by atoms with Crippen molar-refractivity contribution in [3.8, 4) is 0 Å². The van der Waals surface area contributed by atoms with Crippen LogP contribution in [0.3, 0.4) is 0 Å². The van der Waals surface area contributed by atoms with E-state index in [4.69, 9.17) is 10.9 Å². The van der Waals surface area contributed by atoms with Gasteiger partial charge in [0.15, 0.2) is 10.8 Å². The highest BCUT2D eigenvalue weighted by molar-refractivity contribution is 7.17. The predicted octanol–water partition coefficient (Wildman–Crippen LogP) is 1.11. The van der Waals surface area contributed by atoms with Crippen molar-refractivity contribution in [3.63, 3.8) is 0 Å². The van der Waals surface area contributed by atoms with Crippen LogP contribution in [0.25, 0.3) is 4.96 Å². The van der Waals surface area contributed by atoms with Gasteiger partial charge in [-0.1, -0.05) is 5.16 Å². The number of aromatic nitrogens is 2. The minimum absolute atomic E-state index is 0.0819. The first kappa shape index (κ1) is 9.01. The first-order chi connectivity index (χ1) is 6.65. The number of nitrogens with zero attached hydrogens (tertiary/aromatic N) is 3. The van der Waals surface area contributed by atoms with Gasteiger partial charge in [-0.15, -0.1) is 11.3 Å². The van der Waals surface area contributed by atoms with Gasteiger partial charge in [-0.05, 0) is 13.8 Å². The topological polar surface area (TPSA) is 75.9 Å². The SMILES string of the molecule is Cc1sc2ncc(/C(N)=N\O)n2c1C. The fourth-order valence-electron chi connectivity index (χ4n) is 1.33. The molecule has 0 aliphatic carbocycles. The van der Waals surface area contributed by atoms with Crippen LogP contribution < -0.4 is 5.73 Å². The van der Waals surface area contributed by atoms with E-state index in [0.717, 1.165) is 10.7 Å². The van der Waals surface area contributed by atoms with Crippen LogP contribution in [0.5, 0.6) is 0 Å². The normalized spacial score (nSPS) is 12.6. The van der Waals surface area contributed by atoms with Crippen molar-refractivity contribution < 1.29 is 5.21 Å². The Labute approximate surface area is 84.5 Å². The first-order valence-corrected chi connectivity index (χ1v) is 4.88. The molecule has 0 aromatic carbocycles. The number of hydrogen-bond donors (Lipinski definition) is 2. The minimum atomic E-state index is 0.0819. The van der Waals surface area contributed by atoms with Crippen LogP contribution in [0.15, 0.2) is 11.4 Å². The van der Waals surface area contributed by atoms with Crippen LogP contribution in [0, 0.1) is 13.8 Å². The van der Waals surface area contributed by atoms with Crippen LogP contribution >= 0.6 is 11.3 Å². The molecule has 0 aliphatic rings. The quantitative estimate of drug-likeness (QED) is 0.320. The summed E-state index contributed by atoms with van der Waals surface area (Å²) in [5.74, 6) is 0.0819. The van der Waals surface area contributed by atoms with Gasteiger partial charge in [0.2, 0.25) is 0 Å². The first-order valence-electron chi connectivity index (χ1n) is 4.06. The second-order valence-corrected chi connectivity index (χ2v) is 4.17. The summed E-state index contributed by atoms with van der Waals surface area (Å²) in [6, 6.07) is 0. The lowest BCUT2D eigenvalue weighted by Crippen LogP contribution is -2.15. The van der Waals surface area contributed by atoms with Crippen LogP contribution in [-0.2, 0) is 0 Å². The number of rotatable bonds is 1. The molecule has 0 bridgehead atoms. The molecular formula is C8H10N4OS. The van der Waals surface area contributed by atoms with Crippen molar-refractivity contribution in [1.29, 1.82) is 0 Å². The largest absolute Gasteiger partial charge is 0.409 e. The highest BCUT2D eigenvalue weighted by Crippen LogP contribution is 2.22. The minimum Gasteiger partial charge on any atom is -0.409 e. The Hall–Kier alpha value is -1.56. The van der Waals surface area contributed by atoms with E-state index in [-0.39, 0.29) is 5.84 Å². The Balaban J connectivity index is 2.78. The molecule has 6 heteroatoms. The zero-order chi connectivity index (χ0) is 10.3. The maximum atomic E-state index is 8.59. The second-order valence-electron chi connectivity index (χ2n) is 2.99. The Bertz CT molecular complexity index is 511. The number of imidazole rings is 1. The number of fused-ring (bicyclic) bond motifs is 1. The van der Waals surface area contributed by atoms with E-state index in [1.807, 2.05) is 18.2 Å². The number of amidine groups is 1. The van der Waals surface area contributed by atoms with Crippen molar-refractivity contribution >= 4 is 22.1 Å². The summed E-state index contributed by atoms with van der Waals surface area (Å²) in [5, 5.41) is 11.6. The molecule has 2 rings (SSSR count). The number of aryl methyl sites for hydroxylation is 2. The van der Waals surface area contributed by atoms with Crippen molar-refractivity contribution in [2.75, 3.05) is 0 Å². The molecule has 0 amide bonds. The smallest absolute Gasteiger partial charge is 0.194 e. The van der Waals surface area contributed by atoms with Gasteiger partial charge >= 0.3 is 0 Å². The summed E-state index contributed by atoms with van der Waals surface area (Å²) in [6.07, 6.45) is 1.60. The molecule has 14 heavy (non-hydrogen) atoms. The monoisotopic (exact) mass is 210 g/mol.